The number of carbonyl (C=O) groups excluding carboxylic acids is 2. The van der Waals surface area contributed by atoms with E-state index in [-0.39, 0.29) is 29.5 Å². The Labute approximate surface area is 170 Å². The zero-order valence-corrected chi connectivity index (χ0v) is 16.5. The third-order valence-corrected chi connectivity index (χ3v) is 5.16. The molecule has 1 heterocycles. The average molecular weight is 414 g/mol. The molecule has 0 spiro atoms. The van der Waals surface area contributed by atoms with Gasteiger partial charge < -0.3 is 15.4 Å². The Kier molecular flexibility index (Phi) is 6.13. The van der Waals surface area contributed by atoms with Crippen LogP contribution in [-0.4, -0.2) is 34.3 Å². The Bertz CT molecular complexity index is 991. The van der Waals surface area contributed by atoms with Gasteiger partial charge in [0.05, 0.1) is 29.5 Å². The van der Waals surface area contributed by atoms with Crippen LogP contribution in [0.3, 0.4) is 0 Å². The van der Waals surface area contributed by atoms with E-state index in [9.17, 15) is 19.7 Å². The van der Waals surface area contributed by atoms with Crippen molar-refractivity contribution in [2.45, 2.75) is 18.6 Å². The van der Waals surface area contributed by atoms with E-state index in [0.29, 0.717) is 10.9 Å². The number of nitro groups is 1. The van der Waals surface area contributed by atoms with Crippen LogP contribution in [0.25, 0.3) is 0 Å². The summed E-state index contributed by atoms with van der Waals surface area (Å²) in [5.41, 5.74) is 1.88. The first-order chi connectivity index (χ1) is 13.9. The third kappa shape index (κ3) is 5.11. The van der Waals surface area contributed by atoms with Crippen LogP contribution in [0.1, 0.15) is 12.0 Å². The number of benzene rings is 2. The van der Waals surface area contributed by atoms with Gasteiger partial charge in [-0.15, -0.1) is 0 Å². The second-order valence-corrected chi connectivity index (χ2v) is 7.43. The number of hydrogen-bond donors (Lipinski definition) is 2. The number of nitrogens with one attached hydrogen (secondary N) is 2. The third-order valence-electron chi connectivity index (χ3n) is 4.08. The first kappa shape index (κ1) is 20.3. The number of nitro benzene ring substituents is 1. The lowest BCUT2D eigenvalue weighted by molar-refractivity contribution is -0.384. The largest absolute Gasteiger partial charge is 0.494 e. The van der Waals surface area contributed by atoms with Gasteiger partial charge in [-0.25, -0.2) is 4.99 Å². The topological polar surface area (TPSA) is 123 Å². The molecule has 10 heteroatoms. The summed E-state index contributed by atoms with van der Waals surface area (Å²) in [7, 11) is 1.35. The van der Waals surface area contributed by atoms with E-state index in [0.717, 1.165) is 17.3 Å². The molecule has 1 unspecified atom stereocenters. The molecule has 0 aromatic heterocycles. The van der Waals surface area contributed by atoms with Crippen LogP contribution in [0, 0.1) is 17.0 Å². The molecule has 0 radical (unpaired) electrons. The van der Waals surface area contributed by atoms with Gasteiger partial charge in [-0.1, -0.05) is 29.5 Å². The molecule has 0 bridgehead atoms. The molecule has 9 nitrogen and oxygen atoms in total. The van der Waals surface area contributed by atoms with Crippen molar-refractivity contribution in [2.75, 3.05) is 12.4 Å². The molecule has 1 fully saturated rings. The van der Waals surface area contributed by atoms with Crippen molar-refractivity contribution in [3.8, 4) is 5.75 Å². The Morgan fingerprint density at radius 3 is 2.69 bits per heavy atom. The highest BCUT2D eigenvalue weighted by atomic mass is 32.2. The van der Waals surface area contributed by atoms with Gasteiger partial charge in [0.25, 0.3) is 5.69 Å². The minimum Gasteiger partial charge on any atom is -0.494 e. The Balaban J connectivity index is 1.76. The maximum atomic E-state index is 12.7. The number of amidine groups is 1. The smallest absolute Gasteiger partial charge is 0.273 e. The van der Waals surface area contributed by atoms with Crippen LogP contribution in [0.4, 0.5) is 17.1 Å². The number of ether oxygens (including phenoxy) is 1. The molecule has 2 N–H and O–H groups in total. The van der Waals surface area contributed by atoms with E-state index in [1.165, 1.54) is 25.3 Å². The number of hydrogen-bond acceptors (Lipinski definition) is 7. The zero-order valence-electron chi connectivity index (χ0n) is 15.7. The minimum atomic E-state index is -0.701. The number of amides is 2. The molecule has 1 aliphatic rings. The van der Waals surface area contributed by atoms with Gasteiger partial charge in [0, 0.05) is 12.5 Å². The van der Waals surface area contributed by atoms with Crippen molar-refractivity contribution >= 4 is 45.8 Å². The van der Waals surface area contributed by atoms with Gasteiger partial charge in [-0.05, 0) is 25.1 Å². The Morgan fingerprint density at radius 2 is 2.03 bits per heavy atom. The highest BCUT2D eigenvalue weighted by Gasteiger charge is 2.31. The molecule has 1 saturated heterocycles. The van der Waals surface area contributed by atoms with Gasteiger partial charge in [0.1, 0.15) is 11.0 Å². The molecule has 1 aliphatic heterocycles. The summed E-state index contributed by atoms with van der Waals surface area (Å²) in [5.74, 6) is -0.578. The van der Waals surface area contributed by atoms with E-state index < -0.39 is 16.1 Å². The number of aliphatic imine (C=N–C) groups is 1. The lowest BCUT2D eigenvalue weighted by atomic mass is 10.2. The lowest BCUT2D eigenvalue weighted by Gasteiger charge is -2.22. The summed E-state index contributed by atoms with van der Waals surface area (Å²) in [6, 6.07) is 11.3. The molecular formula is C19H18N4O5S. The van der Waals surface area contributed by atoms with Gasteiger partial charge in [-0.2, -0.15) is 0 Å². The number of aryl methyl sites for hydroxylation is 1. The molecule has 1 atom stereocenters. The maximum absolute atomic E-state index is 12.7. The predicted molar refractivity (Wildman–Crippen MR) is 111 cm³/mol. The van der Waals surface area contributed by atoms with Crippen molar-refractivity contribution in [3.05, 3.63) is 58.1 Å². The predicted octanol–water partition coefficient (Wildman–Crippen LogP) is 3.16. The number of non-ortho nitro benzene ring substituents is 1. The van der Waals surface area contributed by atoms with Crippen LogP contribution in [0.15, 0.2) is 47.5 Å². The molecule has 3 rings (SSSR count). The SMILES string of the molecule is COc1cc([N+](=O)[O-])ccc1NC(=O)C1CC(=O)NC(=Nc2ccc(C)cc2)S1. The first-order valence-corrected chi connectivity index (χ1v) is 9.49. The quantitative estimate of drug-likeness (QED) is 0.572. The molecule has 2 aromatic rings. The average Bonchev–Trinajstić information content (AvgIpc) is 2.69. The van der Waals surface area contributed by atoms with Crippen LogP contribution in [0.2, 0.25) is 0 Å². The second kappa shape index (κ2) is 8.74. The lowest BCUT2D eigenvalue weighted by Crippen LogP contribution is -2.41. The van der Waals surface area contributed by atoms with Crippen molar-refractivity contribution in [1.82, 2.24) is 5.32 Å². The van der Waals surface area contributed by atoms with Gasteiger partial charge >= 0.3 is 0 Å². The molecule has 29 heavy (non-hydrogen) atoms. The fraction of sp³-hybridized carbons (Fsp3) is 0.211. The van der Waals surface area contributed by atoms with Crippen molar-refractivity contribution in [2.24, 2.45) is 4.99 Å². The summed E-state index contributed by atoms with van der Waals surface area (Å²) in [5, 5.41) is 15.9. The minimum absolute atomic E-state index is 0.0152. The van der Waals surface area contributed by atoms with Crippen LogP contribution in [0.5, 0.6) is 5.75 Å². The van der Waals surface area contributed by atoms with E-state index in [4.69, 9.17) is 4.74 Å². The zero-order chi connectivity index (χ0) is 21.0. The monoisotopic (exact) mass is 414 g/mol. The van der Waals surface area contributed by atoms with Crippen molar-refractivity contribution < 1.29 is 19.2 Å². The molecular weight excluding hydrogens is 396 g/mol. The molecule has 150 valence electrons. The fourth-order valence-corrected chi connectivity index (χ4v) is 3.59. The van der Waals surface area contributed by atoms with E-state index in [1.807, 2.05) is 31.2 Å². The second-order valence-electron chi connectivity index (χ2n) is 6.24. The molecule has 0 aliphatic carbocycles. The van der Waals surface area contributed by atoms with Gasteiger partial charge in [-0.3, -0.25) is 19.7 Å². The standard InChI is InChI=1S/C19H18N4O5S/c1-11-3-5-12(6-4-11)20-19-22-17(24)10-16(29-19)18(25)21-14-8-7-13(23(26)27)9-15(14)28-2/h3-9,16H,10H2,1-2H3,(H,21,25)(H,20,22,24). The number of nitrogens with zero attached hydrogens (tertiary/aromatic N) is 2. The summed E-state index contributed by atoms with van der Waals surface area (Å²) in [6.07, 6.45) is -0.0152. The summed E-state index contributed by atoms with van der Waals surface area (Å²) in [4.78, 5) is 39.5. The van der Waals surface area contributed by atoms with Crippen LogP contribution in [-0.2, 0) is 9.59 Å². The van der Waals surface area contributed by atoms with E-state index >= 15 is 0 Å². The van der Waals surface area contributed by atoms with Gasteiger partial charge in [0.15, 0.2) is 5.17 Å². The maximum Gasteiger partial charge on any atom is 0.273 e. The fourth-order valence-electron chi connectivity index (χ4n) is 2.59. The highest BCUT2D eigenvalue weighted by molar-refractivity contribution is 8.15. The molecule has 0 saturated carbocycles. The van der Waals surface area contributed by atoms with Gasteiger partial charge in [0.2, 0.25) is 11.8 Å². The first-order valence-electron chi connectivity index (χ1n) is 8.61. The molecule has 2 amide bonds. The Morgan fingerprint density at radius 1 is 1.31 bits per heavy atom. The van der Waals surface area contributed by atoms with Crippen molar-refractivity contribution in [3.63, 3.8) is 0 Å². The van der Waals surface area contributed by atoms with Crippen LogP contribution < -0.4 is 15.4 Å². The van der Waals surface area contributed by atoms with Crippen molar-refractivity contribution in [1.29, 1.82) is 0 Å². The number of rotatable bonds is 5. The number of thioether (sulfide) groups is 1. The number of methoxy groups -OCH3 is 1. The number of carbonyl (C=O) groups is 2. The molecule has 2 aromatic carbocycles. The summed E-state index contributed by atoms with van der Waals surface area (Å²) >= 11 is 1.14. The summed E-state index contributed by atoms with van der Waals surface area (Å²) < 4.78 is 5.13. The van der Waals surface area contributed by atoms with Crippen LogP contribution >= 0.6 is 11.8 Å². The Hall–Kier alpha value is -3.40. The highest BCUT2D eigenvalue weighted by Crippen LogP contribution is 2.31. The van der Waals surface area contributed by atoms with E-state index in [1.54, 1.807) is 0 Å². The van der Waals surface area contributed by atoms with E-state index in [2.05, 4.69) is 15.6 Å². The normalized spacial score (nSPS) is 17.5. The number of anilines is 1. The summed E-state index contributed by atoms with van der Waals surface area (Å²) in [6.45, 7) is 1.96.